The van der Waals surface area contributed by atoms with Crippen LogP contribution in [0.4, 0.5) is 8.78 Å². The molecule has 0 saturated carbocycles. The lowest BCUT2D eigenvalue weighted by Crippen LogP contribution is -2.02. The van der Waals surface area contributed by atoms with Crippen LogP contribution in [0.3, 0.4) is 0 Å². The number of benzene rings is 1. The van der Waals surface area contributed by atoms with E-state index in [0.29, 0.717) is 5.56 Å². The van der Waals surface area contributed by atoms with E-state index in [2.05, 4.69) is 0 Å². The number of hydrogen-bond acceptors (Lipinski definition) is 1. The highest BCUT2D eigenvalue weighted by Crippen LogP contribution is 2.24. The largest absolute Gasteiger partial charge is 0.389 e. The smallest absolute Gasteiger partial charge is 0.164 e. The Balaban J connectivity index is 3.28. The van der Waals surface area contributed by atoms with Crippen LogP contribution in [0, 0.1) is 11.6 Å². The fourth-order valence-electron chi connectivity index (χ4n) is 1.27. The average molecular weight is 200 g/mol. The van der Waals surface area contributed by atoms with Gasteiger partial charge in [-0.05, 0) is 30.5 Å². The molecule has 0 aliphatic heterocycles. The third-order valence-electron chi connectivity index (χ3n) is 2.20. The van der Waals surface area contributed by atoms with Crippen molar-refractivity contribution >= 4 is 0 Å². The third kappa shape index (κ3) is 2.10. The van der Waals surface area contributed by atoms with Gasteiger partial charge < -0.3 is 5.11 Å². The molecule has 0 bridgehead atoms. The maximum atomic E-state index is 13.2. The van der Waals surface area contributed by atoms with Gasteiger partial charge in [-0.15, -0.1) is 0 Å². The molecule has 0 spiro atoms. The predicted molar refractivity (Wildman–Crippen MR) is 51.1 cm³/mol. The van der Waals surface area contributed by atoms with Gasteiger partial charge in [-0.2, -0.15) is 0 Å². The monoisotopic (exact) mass is 200 g/mol. The molecule has 1 atom stereocenters. The Kier molecular flexibility index (Phi) is 3.21. The van der Waals surface area contributed by atoms with Crippen LogP contribution in [0.25, 0.3) is 0 Å². The van der Waals surface area contributed by atoms with Gasteiger partial charge in [0.1, 0.15) is 0 Å². The van der Waals surface area contributed by atoms with Crippen LogP contribution in [0.2, 0.25) is 0 Å². The van der Waals surface area contributed by atoms with E-state index in [1.807, 2.05) is 13.8 Å². The van der Waals surface area contributed by atoms with Crippen molar-refractivity contribution in [1.29, 1.82) is 0 Å². The molecule has 1 nitrogen and oxygen atoms in total. The SMILES string of the molecule is CC(C)c1cc(F)c(F)c(C(C)O)c1. The molecule has 0 heterocycles. The first kappa shape index (κ1) is 11.1. The van der Waals surface area contributed by atoms with Gasteiger partial charge in [0, 0.05) is 5.56 Å². The fraction of sp³-hybridized carbons (Fsp3) is 0.455. The summed E-state index contributed by atoms with van der Waals surface area (Å²) in [7, 11) is 0. The van der Waals surface area contributed by atoms with Crippen LogP contribution < -0.4 is 0 Å². The van der Waals surface area contributed by atoms with E-state index >= 15 is 0 Å². The molecule has 1 aromatic carbocycles. The molecule has 3 heteroatoms. The minimum Gasteiger partial charge on any atom is -0.389 e. The van der Waals surface area contributed by atoms with E-state index in [1.54, 1.807) is 0 Å². The van der Waals surface area contributed by atoms with Gasteiger partial charge in [0.25, 0.3) is 0 Å². The molecule has 1 N–H and O–H groups in total. The maximum absolute atomic E-state index is 13.2. The van der Waals surface area contributed by atoms with Gasteiger partial charge in [-0.3, -0.25) is 0 Å². The number of aliphatic hydroxyl groups excluding tert-OH is 1. The van der Waals surface area contributed by atoms with Gasteiger partial charge in [0.05, 0.1) is 6.10 Å². The van der Waals surface area contributed by atoms with Gasteiger partial charge in [0.2, 0.25) is 0 Å². The van der Waals surface area contributed by atoms with Gasteiger partial charge in [-0.25, -0.2) is 8.78 Å². The Bertz CT molecular complexity index is 332. The number of aliphatic hydroxyl groups is 1. The summed E-state index contributed by atoms with van der Waals surface area (Å²) >= 11 is 0. The Morgan fingerprint density at radius 2 is 1.71 bits per heavy atom. The standard InChI is InChI=1S/C11H14F2O/c1-6(2)8-4-9(7(3)14)11(13)10(12)5-8/h4-7,14H,1-3H3. The molecule has 0 saturated heterocycles. The quantitative estimate of drug-likeness (QED) is 0.777. The van der Waals surface area contributed by atoms with Crippen LogP contribution in [0.15, 0.2) is 12.1 Å². The summed E-state index contributed by atoms with van der Waals surface area (Å²) in [6.07, 6.45) is -0.983. The third-order valence-corrected chi connectivity index (χ3v) is 2.20. The predicted octanol–water partition coefficient (Wildman–Crippen LogP) is 3.14. The topological polar surface area (TPSA) is 20.2 Å². The molecule has 14 heavy (non-hydrogen) atoms. The van der Waals surface area contributed by atoms with Crippen LogP contribution in [0.5, 0.6) is 0 Å². The number of halogens is 2. The second-order valence-electron chi connectivity index (χ2n) is 3.74. The molecule has 0 radical (unpaired) electrons. The van der Waals surface area contributed by atoms with Crippen molar-refractivity contribution in [2.45, 2.75) is 32.8 Å². The first-order valence-electron chi connectivity index (χ1n) is 4.60. The molecular formula is C11H14F2O. The molecule has 1 aromatic rings. The van der Waals surface area contributed by atoms with E-state index in [-0.39, 0.29) is 11.5 Å². The van der Waals surface area contributed by atoms with Crippen molar-refractivity contribution in [3.8, 4) is 0 Å². The first-order valence-corrected chi connectivity index (χ1v) is 4.60. The molecule has 0 aromatic heterocycles. The first-order chi connectivity index (χ1) is 6.43. The second kappa shape index (κ2) is 4.05. The van der Waals surface area contributed by atoms with Crippen LogP contribution in [-0.4, -0.2) is 5.11 Å². The molecule has 1 unspecified atom stereocenters. The molecular weight excluding hydrogens is 186 g/mol. The Hall–Kier alpha value is -0.960. The van der Waals surface area contributed by atoms with Crippen LogP contribution in [0.1, 0.15) is 43.9 Å². The molecule has 0 fully saturated rings. The van der Waals surface area contributed by atoms with E-state index in [9.17, 15) is 13.9 Å². The summed E-state index contributed by atoms with van der Waals surface area (Å²) in [6.45, 7) is 5.19. The summed E-state index contributed by atoms with van der Waals surface area (Å²) in [5.74, 6) is -1.74. The minimum atomic E-state index is -0.983. The summed E-state index contributed by atoms with van der Waals surface area (Å²) in [4.78, 5) is 0. The van der Waals surface area contributed by atoms with Crippen molar-refractivity contribution in [2.75, 3.05) is 0 Å². The molecule has 0 amide bonds. The molecule has 0 aliphatic carbocycles. The van der Waals surface area contributed by atoms with E-state index in [1.165, 1.54) is 19.1 Å². The number of rotatable bonds is 2. The lowest BCUT2D eigenvalue weighted by Gasteiger charge is -2.12. The molecule has 0 aliphatic rings. The van der Waals surface area contributed by atoms with Crippen LogP contribution in [-0.2, 0) is 0 Å². The zero-order valence-electron chi connectivity index (χ0n) is 8.51. The van der Waals surface area contributed by atoms with Crippen molar-refractivity contribution < 1.29 is 13.9 Å². The van der Waals surface area contributed by atoms with Crippen molar-refractivity contribution in [2.24, 2.45) is 0 Å². The summed E-state index contributed by atoms with van der Waals surface area (Å²) in [5.41, 5.74) is 0.716. The molecule has 78 valence electrons. The zero-order valence-corrected chi connectivity index (χ0v) is 8.51. The van der Waals surface area contributed by atoms with Gasteiger partial charge in [-0.1, -0.05) is 13.8 Å². The van der Waals surface area contributed by atoms with Gasteiger partial charge in [0.15, 0.2) is 11.6 Å². The minimum absolute atomic E-state index is 0.0219. The fourth-order valence-corrected chi connectivity index (χ4v) is 1.27. The zero-order chi connectivity index (χ0) is 10.9. The van der Waals surface area contributed by atoms with E-state index in [0.717, 1.165) is 0 Å². The van der Waals surface area contributed by atoms with Crippen molar-refractivity contribution in [3.05, 3.63) is 34.9 Å². The second-order valence-corrected chi connectivity index (χ2v) is 3.74. The lowest BCUT2D eigenvalue weighted by molar-refractivity contribution is 0.192. The van der Waals surface area contributed by atoms with Crippen molar-refractivity contribution in [3.63, 3.8) is 0 Å². The summed E-state index contributed by atoms with van der Waals surface area (Å²) in [5, 5.41) is 9.23. The Labute approximate surface area is 82.4 Å². The highest BCUT2D eigenvalue weighted by atomic mass is 19.2. The lowest BCUT2D eigenvalue weighted by atomic mass is 9.98. The summed E-state index contributed by atoms with van der Waals surface area (Å²) < 4.78 is 26.2. The van der Waals surface area contributed by atoms with Crippen molar-refractivity contribution in [1.82, 2.24) is 0 Å². The van der Waals surface area contributed by atoms with E-state index < -0.39 is 17.7 Å². The van der Waals surface area contributed by atoms with Crippen LogP contribution >= 0.6 is 0 Å². The number of hydrogen-bond donors (Lipinski definition) is 1. The highest BCUT2D eigenvalue weighted by molar-refractivity contribution is 5.29. The average Bonchev–Trinajstić information content (AvgIpc) is 2.08. The maximum Gasteiger partial charge on any atom is 0.164 e. The Morgan fingerprint density at radius 1 is 1.14 bits per heavy atom. The van der Waals surface area contributed by atoms with Gasteiger partial charge >= 0.3 is 0 Å². The normalized spacial score (nSPS) is 13.4. The highest BCUT2D eigenvalue weighted by Gasteiger charge is 2.15. The summed E-state index contributed by atoms with van der Waals surface area (Å²) in [6, 6.07) is 2.68. The molecule has 1 rings (SSSR count). The Morgan fingerprint density at radius 3 is 2.14 bits per heavy atom. The van der Waals surface area contributed by atoms with E-state index in [4.69, 9.17) is 0 Å².